The highest BCUT2D eigenvalue weighted by Gasteiger charge is 2.18. The first-order valence-corrected chi connectivity index (χ1v) is 7.93. The van der Waals surface area contributed by atoms with E-state index in [9.17, 15) is 4.79 Å². The minimum absolute atomic E-state index is 0.0873. The van der Waals surface area contributed by atoms with Crippen molar-refractivity contribution in [1.82, 2.24) is 0 Å². The molecule has 0 aliphatic rings. The number of hydrogen-bond acceptors (Lipinski definition) is 4. The zero-order valence-corrected chi connectivity index (χ0v) is 13.6. The van der Waals surface area contributed by atoms with Crippen LogP contribution in [-0.2, 0) is 0 Å². The van der Waals surface area contributed by atoms with Gasteiger partial charge in [0.2, 0.25) is 0 Å². The Bertz CT molecular complexity index is 841. The Morgan fingerprint density at radius 3 is 2.81 bits per heavy atom. The van der Waals surface area contributed by atoms with Gasteiger partial charge in [0.25, 0.3) is 0 Å². The Morgan fingerprint density at radius 1 is 1.24 bits per heavy atom. The van der Waals surface area contributed by atoms with Crippen LogP contribution in [0.1, 0.15) is 15.9 Å². The third-order valence-electron chi connectivity index (χ3n) is 3.30. The number of nitrogens with two attached hydrogens (primary N) is 1. The summed E-state index contributed by atoms with van der Waals surface area (Å²) in [6.45, 7) is 0. The molecule has 2 N–H and O–H groups in total. The van der Waals surface area contributed by atoms with Gasteiger partial charge < -0.3 is 10.5 Å². The molecule has 0 radical (unpaired) electrons. The average molecular weight is 362 g/mol. The topological polar surface area (TPSA) is 52.3 Å². The minimum atomic E-state index is -0.0873. The van der Waals surface area contributed by atoms with E-state index < -0.39 is 0 Å². The molecule has 5 heteroatoms. The first-order chi connectivity index (χ1) is 10.1. The second kappa shape index (κ2) is 5.50. The maximum Gasteiger partial charge on any atom is 0.196 e. The van der Waals surface area contributed by atoms with Gasteiger partial charge in [-0.1, -0.05) is 12.1 Å². The van der Waals surface area contributed by atoms with E-state index in [1.54, 1.807) is 25.3 Å². The fourth-order valence-electron chi connectivity index (χ4n) is 2.20. The van der Waals surface area contributed by atoms with Crippen molar-refractivity contribution >= 4 is 48.8 Å². The first kappa shape index (κ1) is 14.1. The molecular weight excluding hydrogens is 350 g/mol. The van der Waals surface area contributed by atoms with Crippen molar-refractivity contribution in [1.29, 1.82) is 0 Å². The lowest BCUT2D eigenvalue weighted by Crippen LogP contribution is -2.05. The van der Waals surface area contributed by atoms with Gasteiger partial charge >= 0.3 is 0 Å². The number of thiophene rings is 1. The molecule has 0 atom stereocenters. The molecule has 1 aromatic heterocycles. The van der Waals surface area contributed by atoms with Crippen molar-refractivity contribution in [3.05, 3.63) is 57.4 Å². The molecule has 0 fully saturated rings. The van der Waals surface area contributed by atoms with Crippen LogP contribution in [0.3, 0.4) is 0 Å². The number of nitrogen functional groups attached to an aromatic ring is 1. The molecule has 0 amide bonds. The van der Waals surface area contributed by atoms with Gasteiger partial charge in [0.1, 0.15) is 5.75 Å². The van der Waals surface area contributed by atoms with Crippen LogP contribution < -0.4 is 10.5 Å². The molecule has 3 rings (SSSR count). The summed E-state index contributed by atoms with van der Waals surface area (Å²) in [6.07, 6.45) is 0. The van der Waals surface area contributed by atoms with Gasteiger partial charge in [-0.3, -0.25) is 4.79 Å². The SMILES string of the molecule is COc1ccc(N)c(C(=O)c2csc3c(Br)cccc23)c1. The Hall–Kier alpha value is -1.85. The first-order valence-electron chi connectivity index (χ1n) is 6.25. The Labute approximate surface area is 134 Å². The largest absolute Gasteiger partial charge is 0.497 e. The van der Waals surface area contributed by atoms with Gasteiger partial charge in [-0.2, -0.15) is 0 Å². The van der Waals surface area contributed by atoms with Gasteiger partial charge in [-0.05, 0) is 40.2 Å². The summed E-state index contributed by atoms with van der Waals surface area (Å²) in [5, 5.41) is 2.80. The van der Waals surface area contributed by atoms with E-state index in [0.717, 1.165) is 14.6 Å². The fourth-order valence-corrected chi connectivity index (χ4v) is 3.80. The highest BCUT2D eigenvalue weighted by molar-refractivity contribution is 9.10. The van der Waals surface area contributed by atoms with Gasteiger partial charge in [-0.25, -0.2) is 0 Å². The van der Waals surface area contributed by atoms with Crippen LogP contribution in [0.15, 0.2) is 46.3 Å². The normalized spacial score (nSPS) is 10.8. The number of ketones is 1. The van der Waals surface area contributed by atoms with Crippen molar-refractivity contribution in [2.75, 3.05) is 12.8 Å². The summed E-state index contributed by atoms with van der Waals surface area (Å²) >= 11 is 5.05. The summed E-state index contributed by atoms with van der Waals surface area (Å²) in [6, 6.07) is 10.9. The molecule has 106 valence electrons. The number of benzene rings is 2. The maximum atomic E-state index is 12.8. The van der Waals surface area contributed by atoms with E-state index >= 15 is 0 Å². The fraction of sp³-hybridized carbons (Fsp3) is 0.0625. The van der Waals surface area contributed by atoms with E-state index in [1.807, 2.05) is 23.6 Å². The van der Waals surface area contributed by atoms with Crippen LogP contribution in [0.5, 0.6) is 5.75 Å². The molecule has 0 saturated carbocycles. The lowest BCUT2D eigenvalue weighted by atomic mass is 10.0. The zero-order chi connectivity index (χ0) is 15.0. The molecule has 0 saturated heterocycles. The molecule has 0 unspecified atom stereocenters. The molecule has 0 aliphatic carbocycles. The van der Waals surface area contributed by atoms with Crippen LogP contribution >= 0.6 is 27.3 Å². The van der Waals surface area contributed by atoms with Crippen LogP contribution in [0.25, 0.3) is 10.1 Å². The highest BCUT2D eigenvalue weighted by atomic mass is 79.9. The third-order valence-corrected chi connectivity index (χ3v) is 5.25. The summed E-state index contributed by atoms with van der Waals surface area (Å²) in [4.78, 5) is 12.8. The molecule has 3 nitrogen and oxygen atoms in total. The number of methoxy groups -OCH3 is 1. The van der Waals surface area contributed by atoms with Crippen molar-refractivity contribution in [2.24, 2.45) is 0 Å². The van der Waals surface area contributed by atoms with E-state index in [4.69, 9.17) is 10.5 Å². The number of fused-ring (bicyclic) bond motifs is 1. The quantitative estimate of drug-likeness (QED) is 0.552. The summed E-state index contributed by atoms with van der Waals surface area (Å²) in [7, 11) is 1.57. The maximum absolute atomic E-state index is 12.8. The molecule has 3 aromatic rings. The molecule has 2 aromatic carbocycles. The standard InChI is InChI=1S/C16H12BrNO2S/c1-20-9-5-6-14(18)11(7-9)15(19)12-8-21-16-10(12)3-2-4-13(16)17/h2-8H,18H2,1H3. The summed E-state index contributed by atoms with van der Waals surface area (Å²) in [5.74, 6) is 0.531. The van der Waals surface area contributed by atoms with Crippen LogP contribution in [0.2, 0.25) is 0 Å². The molecular formula is C16H12BrNO2S. The van der Waals surface area contributed by atoms with E-state index in [-0.39, 0.29) is 5.78 Å². The van der Waals surface area contributed by atoms with Crippen molar-refractivity contribution in [2.45, 2.75) is 0 Å². The van der Waals surface area contributed by atoms with Crippen LogP contribution in [-0.4, -0.2) is 12.9 Å². The zero-order valence-electron chi connectivity index (χ0n) is 11.2. The van der Waals surface area contributed by atoms with Gasteiger partial charge in [-0.15, -0.1) is 11.3 Å². The second-order valence-electron chi connectivity index (χ2n) is 4.55. The number of carbonyl (C=O) groups is 1. The summed E-state index contributed by atoms with van der Waals surface area (Å²) in [5.41, 5.74) is 7.53. The number of carbonyl (C=O) groups excluding carboxylic acids is 1. The number of rotatable bonds is 3. The lowest BCUT2D eigenvalue weighted by molar-refractivity contribution is 0.104. The Morgan fingerprint density at radius 2 is 2.05 bits per heavy atom. The number of halogens is 1. The second-order valence-corrected chi connectivity index (χ2v) is 6.28. The smallest absolute Gasteiger partial charge is 0.196 e. The molecule has 1 heterocycles. The van der Waals surface area contributed by atoms with E-state index in [1.165, 1.54) is 11.3 Å². The Kier molecular flexibility index (Phi) is 3.69. The van der Waals surface area contributed by atoms with E-state index in [2.05, 4.69) is 15.9 Å². The number of anilines is 1. The molecule has 0 aliphatic heterocycles. The lowest BCUT2D eigenvalue weighted by Gasteiger charge is -2.07. The Balaban J connectivity index is 2.15. The predicted octanol–water partition coefficient (Wildman–Crippen LogP) is 4.49. The van der Waals surface area contributed by atoms with Crippen molar-refractivity contribution < 1.29 is 9.53 Å². The summed E-state index contributed by atoms with van der Waals surface area (Å²) < 4.78 is 7.22. The van der Waals surface area contributed by atoms with Gasteiger partial charge in [0.05, 0.1) is 7.11 Å². The third kappa shape index (κ3) is 2.43. The molecule has 21 heavy (non-hydrogen) atoms. The van der Waals surface area contributed by atoms with Gasteiger partial charge in [0.15, 0.2) is 5.78 Å². The van der Waals surface area contributed by atoms with Crippen LogP contribution in [0, 0.1) is 0 Å². The predicted molar refractivity (Wildman–Crippen MR) is 90.4 cm³/mol. The average Bonchev–Trinajstić information content (AvgIpc) is 2.92. The number of hydrogen-bond donors (Lipinski definition) is 1. The monoisotopic (exact) mass is 361 g/mol. The van der Waals surface area contributed by atoms with Gasteiger partial charge in [0, 0.05) is 36.8 Å². The van der Waals surface area contributed by atoms with E-state index in [0.29, 0.717) is 22.6 Å². The highest BCUT2D eigenvalue weighted by Crippen LogP contribution is 2.34. The number of ether oxygens (including phenoxy) is 1. The minimum Gasteiger partial charge on any atom is -0.497 e. The van der Waals surface area contributed by atoms with Crippen molar-refractivity contribution in [3.8, 4) is 5.75 Å². The van der Waals surface area contributed by atoms with Crippen LogP contribution in [0.4, 0.5) is 5.69 Å². The molecule has 0 spiro atoms. The van der Waals surface area contributed by atoms with Crippen molar-refractivity contribution in [3.63, 3.8) is 0 Å². The molecule has 0 bridgehead atoms.